The van der Waals surface area contributed by atoms with Crippen molar-refractivity contribution in [3.8, 4) is 0 Å². The molecule has 2 rings (SSSR count). The van der Waals surface area contributed by atoms with Crippen LogP contribution in [0.15, 0.2) is 34.8 Å². The number of nitrogens with zero attached hydrogens (tertiary/aromatic N) is 2. The van der Waals surface area contributed by atoms with Crippen LogP contribution in [0.4, 0.5) is 0 Å². The Kier molecular flexibility index (Phi) is 5.12. The smallest absolute Gasteiger partial charge is 0.191 e. The van der Waals surface area contributed by atoms with Gasteiger partial charge in [-0.3, -0.25) is 9.98 Å². The van der Waals surface area contributed by atoms with Crippen LogP contribution in [0.5, 0.6) is 0 Å². The van der Waals surface area contributed by atoms with Gasteiger partial charge in [-0.1, -0.05) is 6.07 Å². The zero-order valence-electron chi connectivity index (χ0n) is 12.1. The lowest BCUT2D eigenvalue weighted by Gasteiger charge is -2.12. The fraction of sp³-hybridized carbons (Fsp3) is 0.333. The highest BCUT2D eigenvalue weighted by Gasteiger charge is 2.03. The molecule has 0 aliphatic heterocycles. The largest absolute Gasteiger partial charge is 0.352 e. The van der Waals surface area contributed by atoms with Gasteiger partial charge in [0.15, 0.2) is 5.96 Å². The highest BCUT2D eigenvalue weighted by molar-refractivity contribution is 7.10. The highest BCUT2D eigenvalue weighted by Crippen LogP contribution is 2.14. The Hall–Kier alpha value is -1.88. The van der Waals surface area contributed by atoms with E-state index < -0.39 is 0 Å². The third-order valence-electron chi connectivity index (χ3n) is 3.15. The van der Waals surface area contributed by atoms with Gasteiger partial charge in [0.1, 0.15) is 0 Å². The second-order valence-electron chi connectivity index (χ2n) is 4.57. The summed E-state index contributed by atoms with van der Waals surface area (Å²) >= 11 is 1.76. The minimum Gasteiger partial charge on any atom is -0.352 e. The molecule has 106 valence electrons. The lowest BCUT2D eigenvalue weighted by Crippen LogP contribution is -2.36. The molecule has 0 amide bonds. The van der Waals surface area contributed by atoms with E-state index in [1.165, 1.54) is 16.0 Å². The molecule has 0 aromatic carbocycles. The summed E-state index contributed by atoms with van der Waals surface area (Å²) in [5, 5.41) is 8.72. The monoisotopic (exact) mass is 288 g/mol. The summed E-state index contributed by atoms with van der Waals surface area (Å²) in [6.45, 7) is 5.66. The highest BCUT2D eigenvalue weighted by atomic mass is 32.1. The van der Waals surface area contributed by atoms with Crippen LogP contribution in [0.1, 0.15) is 21.7 Å². The Labute approximate surface area is 124 Å². The average molecular weight is 288 g/mol. The van der Waals surface area contributed by atoms with Gasteiger partial charge in [0.2, 0.25) is 0 Å². The van der Waals surface area contributed by atoms with E-state index in [1.807, 2.05) is 12.3 Å². The van der Waals surface area contributed by atoms with Gasteiger partial charge in [-0.2, -0.15) is 0 Å². The van der Waals surface area contributed by atoms with E-state index in [0.29, 0.717) is 6.54 Å². The number of hydrogen-bond donors (Lipinski definition) is 2. The molecule has 4 nitrogen and oxygen atoms in total. The first kappa shape index (κ1) is 14.5. The third-order valence-corrected chi connectivity index (χ3v) is 4.17. The number of guanidine groups is 1. The van der Waals surface area contributed by atoms with E-state index in [2.05, 4.69) is 52.0 Å². The van der Waals surface area contributed by atoms with Crippen LogP contribution in [0.25, 0.3) is 0 Å². The number of nitrogens with one attached hydrogen (secondary N) is 2. The fourth-order valence-corrected chi connectivity index (χ4v) is 2.69. The number of aromatic nitrogens is 1. The molecule has 2 heterocycles. The van der Waals surface area contributed by atoms with Crippen molar-refractivity contribution in [1.29, 1.82) is 0 Å². The van der Waals surface area contributed by atoms with Gasteiger partial charge >= 0.3 is 0 Å². The van der Waals surface area contributed by atoms with Crippen molar-refractivity contribution in [1.82, 2.24) is 15.6 Å². The van der Waals surface area contributed by atoms with E-state index in [-0.39, 0.29) is 0 Å². The van der Waals surface area contributed by atoms with E-state index in [9.17, 15) is 0 Å². The second-order valence-corrected chi connectivity index (χ2v) is 5.57. The van der Waals surface area contributed by atoms with Gasteiger partial charge in [-0.05, 0) is 42.5 Å². The first-order valence-corrected chi connectivity index (χ1v) is 7.46. The second kappa shape index (κ2) is 7.05. The summed E-state index contributed by atoms with van der Waals surface area (Å²) in [5.41, 5.74) is 3.55. The Bertz CT molecular complexity index is 589. The van der Waals surface area contributed by atoms with Crippen LogP contribution in [0.2, 0.25) is 0 Å². The summed E-state index contributed by atoms with van der Waals surface area (Å²) in [5.74, 6) is 0.794. The molecule has 0 fully saturated rings. The maximum absolute atomic E-state index is 4.37. The van der Waals surface area contributed by atoms with Crippen molar-refractivity contribution in [3.05, 3.63) is 51.5 Å². The van der Waals surface area contributed by atoms with Crippen molar-refractivity contribution in [2.24, 2.45) is 4.99 Å². The number of rotatable bonds is 4. The van der Waals surface area contributed by atoms with Crippen LogP contribution in [-0.4, -0.2) is 18.0 Å². The number of hydrogen-bond acceptors (Lipinski definition) is 3. The predicted octanol–water partition coefficient (Wildman–Crippen LogP) is 2.63. The van der Waals surface area contributed by atoms with E-state index >= 15 is 0 Å². The normalized spacial score (nSPS) is 11.4. The Morgan fingerprint density at radius 3 is 2.65 bits per heavy atom. The van der Waals surface area contributed by atoms with E-state index in [4.69, 9.17) is 0 Å². The fourth-order valence-electron chi connectivity index (χ4n) is 1.84. The van der Waals surface area contributed by atoms with Gasteiger partial charge in [0, 0.05) is 18.1 Å². The number of aryl methyl sites for hydroxylation is 2. The first-order valence-electron chi connectivity index (χ1n) is 6.58. The third kappa shape index (κ3) is 3.81. The molecule has 0 saturated heterocycles. The lowest BCUT2D eigenvalue weighted by molar-refractivity contribution is 0.793. The number of aliphatic imine (C=N–C) groups is 1. The minimum absolute atomic E-state index is 0.676. The van der Waals surface area contributed by atoms with Gasteiger partial charge in [0.05, 0.1) is 18.8 Å². The van der Waals surface area contributed by atoms with Crippen molar-refractivity contribution in [2.75, 3.05) is 7.05 Å². The first-order chi connectivity index (χ1) is 9.70. The maximum Gasteiger partial charge on any atom is 0.191 e. The molecule has 2 aromatic rings. The summed E-state index contributed by atoms with van der Waals surface area (Å²) in [6.07, 6.45) is 1.81. The summed E-state index contributed by atoms with van der Waals surface area (Å²) < 4.78 is 0. The molecule has 2 N–H and O–H groups in total. The molecule has 0 saturated carbocycles. The summed E-state index contributed by atoms with van der Waals surface area (Å²) in [6, 6.07) is 6.15. The van der Waals surface area contributed by atoms with Crippen LogP contribution in [-0.2, 0) is 13.1 Å². The quantitative estimate of drug-likeness (QED) is 0.671. The molecule has 0 unspecified atom stereocenters. The topological polar surface area (TPSA) is 49.3 Å². The zero-order valence-corrected chi connectivity index (χ0v) is 12.9. The van der Waals surface area contributed by atoms with Crippen molar-refractivity contribution >= 4 is 17.3 Å². The van der Waals surface area contributed by atoms with Gasteiger partial charge in [-0.25, -0.2) is 0 Å². The standard InChI is InChI=1S/C15H20N4S/c1-11-5-4-7-17-13(11)9-18-15(16-3)19-10-14-12(2)6-8-20-14/h4-8H,9-10H2,1-3H3,(H2,16,18,19). The Morgan fingerprint density at radius 2 is 2.00 bits per heavy atom. The number of thiophene rings is 1. The molecular weight excluding hydrogens is 268 g/mol. The Morgan fingerprint density at radius 1 is 1.20 bits per heavy atom. The van der Waals surface area contributed by atoms with Crippen LogP contribution < -0.4 is 10.6 Å². The molecule has 2 aromatic heterocycles. The average Bonchev–Trinajstić information content (AvgIpc) is 2.86. The molecule has 0 spiro atoms. The molecule has 0 atom stereocenters. The number of pyridine rings is 1. The maximum atomic E-state index is 4.37. The molecule has 0 radical (unpaired) electrons. The van der Waals surface area contributed by atoms with Gasteiger partial charge < -0.3 is 10.6 Å². The molecule has 0 bridgehead atoms. The molecule has 0 aliphatic carbocycles. The molecule has 0 aliphatic rings. The molecule has 5 heteroatoms. The lowest BCUT2D eigenvalue weighted by atomic mass is 10.2. The van der Waals surface area contributed by atoms with Crippen LogP contribution in [0.3, 0.4) is 0 Å². The molecular formula is C15H20N4S. The summed E-state index contributed by atoms with van der Waals surface area (Å²) in [4.78, 5) is 9.93. The summed E-state index contributed by atoms with van der Waals surface area (Å²) in [7, 11) is 1.78. The SMILES string of the molecule is CN=C(NCc1ncccc1C)NCc1sccc1C. The van der Waals surface area contributed by atoms with Crippen molar-refractivity contribution in [3.63, 3.8) is 0 Å². The van der Waals surface area contributed by atoms with Crippen LogP contribution >= 0.6 is 11.3 Å². The van der Waals surface area contributed by atoms with Gasteiger partial charge in [0.25, 0.3) is 0 Å². The zero-order chi connectivity index (χ0) is 14.4. The minimum atomic E-state index is 0.676. The molecule has 20 heavy (non-hydrogen) atoms. The van der Waals surface area contributed by atoms with E-state index in [0.717, 1.165) is 18.2 Å². The van der Waals surface area contributed by atoms with Crippen molar-refractivity contribution in [2.45, 2.75) is 26.9 Å². The van der Waals surface area contributed by atoms with E-state index in [1.54, 1.807) is 18.4 Å². The van der Waals surface area contributed by atoms with Crippen molar-refractivity contribution < 1.29 is 0 Å². The van der Waals surface area contributed by atoms with Crippen LogP contribution in [0, 0.1) is 13.8 Å². The predicted molar refractivity (Wildman–Crippen MR) is 85.1 cm³/mol. The Balaban J connectivity index is 1.87. The van der Waals surface area contributed by atoms with Gasteiger partial charge in [-0.15, -0.1) is 11.3 Å².